The van der Waals surface area contributed by atoms with Gasteiger partial charge < -0.3 is 5.32 Å². The number of benzene rings is 2. The fourth-order valence-electron chi connectivity index (χ4n) is 4.95. The Balaban J connectivity index is 1.43. The van der Waals surface area contributed by atoms with Crippen LogP contribution < -0.4 is 10.6 Å². The van der Waals surface area contributed by atoms with Gasteiger partial charge in [0.1, 0.15) is 6.04 Å². The molecule has 8 heteroatoms. The zero-order chi connectivity index (χ0) is 26.6. The fraction of sp³-hybridized carbons (Fsp3) is 0.379. The number of amides is 4. The molecular formula is C29H33N3O4S. The number of piperidine rings is 1. The number of imide groups is 2. The van der Waals surface area contributed by atoms with Crippen molar-refractivity contribution in [3.63, 3.8) is 0 Å². The van der Waals surface area contributed by atoms with E-state index in [-0.39, 0.29) is 24.3 Å². The molecule has 0 aromatic heterocycles. The van der Waals surface area contributed by atoms with Crippen molar-refractivity contribution in [3.05, 3.63) is 77.4 Å². The van der Waals surface area contributed by atoms with Gasteiger partial charge >= 0.3 is 0 Å². The van der Waals surface area contributed by atoms with Crippen molar-refractivity contribution < 1.29 is 19.2 Å². The molecule has 0 aliphatic carbocycles. The van der Waals surface area contributed by atoms with Crippen LogP contribution in [0.3, 0.4) is 0 Å². The van der Waals surface area contributed by atoms with Gasteiger partial charge in [0.15, 0.2) is 0 Å². The van der Waals surface area contributed by atoms with Crippen LogP contribution in [0.5, 0.6) is 0 Å². The molecule has 1 saturated heterocycles. The predicted molar refractivity (Wildman–Crippen MR) is 144 cm³/mol. The summed E-state index contributed by atoms with van der Waals surface area (Å²) in [5.41, 5.74) is 3.01. The lowest BCUT2D eigenvalue weighted by Gasteiger charge is -2.32. The third-order valence-corrected chi connectivity index (χ3v) is 8.53. The average Bonchev–Trinajstić information content (AvgIpc) is 3.16. The molecule has 1 fully saturated rings. The van der Waals surface area contributed by atoms with E-state index in [0.717, 1.165) is 36.3 Å². The predicted octanol–water partition coefficient (Wildman–Crippen LogP) is 4.60. The molecule has 0 bridgehead atoms. The van der Waals surface area contributed by atoms with Crippen LogP contribution >= 0.6 is 11.8 Å². The maximum Gasteiger partial charge on any atom is 0.263 e. The minimum absolute atomic E-state index is 0.0651. The van der Waals surface area contributed by atoms with Gasteiger partial charge in [0.2, 0.25) is 11.8 Å². The van der Waals surface area contributed by atoms with Gasteiger partial charge in [-0.1, -0.05) is 50.3 Å². The molecule has 194 valence electrons. The lowest BCUT2D eigenvalue weighted by Crippen LogP contribution is -2.54. The smallest absolute Gasteiger partial charge is 0.263 e. The normalized spacial score (nSPS) is 17.7. The second kappa shape index (κ2) is 11.4. The van der Waals surface area contributed by atoms with Crippen LogP contribution in [-0.4, -0.2) is 40.1 Å². The Morgan fingerprint density at radius 3 is 2.41 bits per heavy atom. The number of rotatable bonds is 11. The van der Waals surface area contributed by atoms with Crippen molar-refractivity contribution in [2.75, 3.05) is 0 Å². The monoisotopic (exact) mass is 519 g/mol. The number of thioether (sulfide) groups is 1. The highest BCUT2D eigenvalue weighted by atomic mass is 32.2. The first-order valence-electron chi connectivity index (χ1n) is 12.7. The minimum Gasteiger partial charge on any atom is -0.307 e. The van der Waals surface area contributed by atoms with Crippen LogP contribution in [0.25, 0.3) is 0 Å². The van der Waals surface area contributed by atoms with Crippen molar-refractivity contribution in [2.45, 2.75) is 74.7 Å². The first-order valence-corrected chi connectivity index (χ1v) is 13.7. The van der Waals surface area contributed by atoms with Gasteiger partial charge in [0.05, 0.1) is 11.1 Å². The van der Waals surface area contributed by atoms with Crippen LogP contribution in [0.2, 0.25) is 0 Å². The van der Waals surface area contributed by atoms with E-state index in [9.17, 15) is 19.2 Å². The van der Waals surface area contributed by atoms with Gasteiger partial charge in [-0.15, -0.1) is 18.3 Å². The average molecular weight is 520 g/mol. The van der Waals surface area contributed by atoms with E-state index in [2.05, 4.69) is 55.3 Å². The Morgan fingerprint density at radius 2 is 1.76 bits per heavy atom. The first-order chi connectivity index (χ1) is 17.8. The van der Waals surface area contributed by atoms with Crippen molar-refractivity contribution in [3.8, 4) is 0 Å². The van der Waals surface area contributed by atoms with Crippen molar-refractivity contribution in [1.82, 2.24) is 15.5 Å². The molecular weight excluding hydrogens is 486 g/mol. The standard InChI is InChI=1S/C29H33N3O4S/c1-4-16-29(5-2,6-3)30-17-19-10-12-20(13-11-19)18-37-23-9-7-8-21-25(23)28(36)32(27(21)35)22-14-15-24(33)31-26(22)34/h4,7-13,22,30H,1,5-6,14-18H2,2-3H3,(H,31,33,34). The lowest BCUT2D eigenvalue weighted by atomic mass is 9.88. The maximum atomic E-state index is 13.3. The molecule has 4 amide bonds. The summed E-state index contributed by atoms with van der Waals surface area (Å²) in [6.45, 7) is 9.08. The molecule has 2 heterocycles. The molecule has 0 radical (unpaired) electrons. The summed E-state index contributed by atoms with van der Waals surface area (Å²) in [6, 6.07) is 12.6. The largest absolute Gasteiger partial charge is 0.307 e. The zero-order valence-electron chi connectivity index (χ0n) is 21.3. The second-order valence-corrected chi connectivity index (χ2v) is 10.6. The van der Waals surface area contributed by atoms with Crippen molar-refractivity contribution in [1.29, 1.82) is 0 Å². The summed E-state index contributed by atoms with van der Waals surface area (Å²) in [6.07, 6.45) is 5.22. The SMILES string of the molecule is C=CCC(CC)(CC)NCc1ccc(CSc2cccc3c2C(=O)N(C2CCC(=O)NC2=O)C3=O)cc1. The van der Waals surface area contributed by atoms with E-state index in [1.54, 1.807) is 12.1 Å². The van der Waals surface area contributed by atoms with Gasteiger partial charge in [-0.05, 0) is 48.9 Å². The molecule has 1 unspecified atom stereocenters. The van der Waals surface area contributed by atoms with Gasteiger partial charge in [0, 0.05) is 29.2 Å². The van der Waals surface area contributed by atoms with Crippen LogP contribution in [0.4, 0.5) is 0 Å². The van der Waals surface area contributed by atoms with Gasteiger partial charge in [-0.25, -0.2) is 0 Å². The lowest BCUT2D eigenvalue weighted by molar-refractivity contribution is -0.136. The highest BCUT2D eigenvalue weighted by Crippen LogP contribution is 2.35. The summed E-state index contributed by atoms with van der Waals surface area (Å²) >= 11 is 1.49. The molecule has 2 N–H and O–H groups in total. The Labute approximate surface area is 222 Å². The molecule has 0 spiro atoms. The van der Waals surface area contributed by atoms with E-state index < -0.39 is 23.8 Å². The molecule has 4 rings (SSSR count). The summed E-state index contributed by atoms with van der Waals surface area (Å²) in [5.74, 6) is -1.32. The van der Waals surface area contributed by atoms with Gasteiger partial charge in [0.25, 0.3) is 11.8 Å². The van der Waals surface area contributed by atoms with Crippen LogP contribution in [0.15, 0.2) is 60.0 Å². The zero-order valence-corrected chi connectivity index (χ0v) is 22.2. The quantitative estimate of drug-likeness (QED) is 0.256. The Morgan fingerprint density at radius 1 is 1.05 bits per heavy atom. The van der Waals surface area contributed by atoms with Crippen LogP contribution in [-0.2, 0) is 21.9 Å². The number of carbonyl (C=O) groups is 4. The highest BCUT2D eigenvalue weighted by molar-refractivity contribution is 7.98. The maximum absolute atomic E-state index is 13.3. The molecule has 2 aromatic rings. The van der Waals surface area contributed by atoms with Crippen LogP contribution in [0.1, 0.15) is 77.8 Å². The van der Waals surface area contributed by atoms with Gasteiger partial charge in [-0.2, -0.15) is 0 Å². The number of fused-ring (bicyclic) bond motifs is 1. The number of nitrogens with one attached hydrogen (secondary N) is 2. The van der Waals surface area contributed by atoms with Crippen LogP contribution in [0, 0.1) is 0 Å². The summed E-state index contributed by atoms with van der Waals surface area (Å²) in [4.78, 5) is 51.9. The molecule has 2 aliphatic rings. The van der Waals surface area contributed by atoms with Gasteiger partial charge in [-0.3, -0.25) is 29.4 Å². The van der Waals surface area contributed by atoms with E-state index in [4.69, 9.17) is 0 Å². The third-order valence-electron chi connectivity index (χ3n) is 7.40. The van der Waals surface area contributed by atoms with E-state index in [1.165, 1.54) is 17.3 Å². The molecule has 2 aliphatic heterocycles. The fourth-order valence-corrected chi connectivity index (χ4v) is 5.98. The minimum atomic E-state index is -0.963. The molecule has 0 saturated carbocycles. The third kappa shape index (κ3) is 5.55. The molecule has 37 heavy (non-hydrogen) atoms. The van der Waals surface area contributed by atoms with E-state index in [0.29, 0.717) is 21.8 Å². The number of hydrogen-bond donors (Lipinski definition) is 2. The van der Waals surface area contributed by atoms with Crippen molar-refractivity contribution >= 4 is 35.4 Å². The highest BCUT2D eigenvalue weighted by Gasteiger charge is 2.45. The van der Waals surface area contributed by atoms with E-state index in [1.807, 2.05) is 12.1 Å². The molecule has 1 atom stereocenters. The molecule has 7 nitrogen and oxygen atoms in total. The Hall–Kier alpha value is -3.23. The molecule has 2 aromatic carbocycles. The number of hydrogen-bond acceptors (Lipinski definition) is 6. The van der Waals surface area contributed by atoms with Crippen molar-refractivity contribution in [2.24, 2.45) is 0 Å². The number of carbonyl (C=O) groups excluding carboxylic acids is 4. The van der Waals surface area contributed by atoms with E-state index >= 15 is 0 Å². The summed E-state index contributed by atoms with van der Waals surface area (Å²) in [7, 11) is 0. The first kappa shape index (κ1) is 26.8. The second-order valence-electron chi connectivity index (χ2n) is 9.56. The Kier molecular flexibility index (Phi) is 8.29. The summed E-state index contributed by atoms with van der Waals surface area (Å²) < 4.78 is 0. The number of nitrogens with zero attached hydrogens (tertiary/aromatic N) is 1. The summed E-state index contributed by atoms with van der Waals surface area (Å²) in [5, 5.41) is 5.94. The topological polar surface area (TPSA) is 95.6 Å². The Bertz CT molecular complexity index is 1220.